The molecule has 3 N–H and O–H groups in total. The molecular weight excluding hydrogens is 354 g/mol. The second-order valence-electron chi connectivity index (χ2n) is 7.28. The van der Waals surface area contributed by atoms with Gasteiger partial charge in [0.1, 0.15) is 5.69 Å². The van der Waals surface area contributed by atoms with E-state index < -0.39 is 0 Å². The quantitative estimate of drug-likeness (QED) is 0.851. The third-order valence-electron chi connectivity index (χ3n) is 5.64. The fraction of sp³-hybridized carbons (Fsp3) is 0.526. The van der Waals surface area contributed by atoms with Crippen molar-refractivity contribution in [1.29, 1.82) is 0 Å². The van der Waals surface area contributed by atoms with Gasteiger partial charge in [0.05, 0.1) is 6.54 Å². The number of hydrogen-bond acceptors (Lipinski definition) is 3. The van der Waals surface area contributed by atoms with E-state index in [1.54, 1.807) is 11.3 Å². The van der Waals surface area contributed by atoms with Crippen LogP contribution in [0.3, 0.4) is 0 Å². The molecule has 1 amide bonds. The number of carbonyl (C=O) groups excluding carboxylic acids is 1. The number of hydrogen-bond donors (Lipinski definition) is 2. The van der Waals surface area contributed by atoms with Crippen LogP contribution in [0.4, 0.5) is 0 Å². The highest BCUT2D eigenvalue weighted by atomic mass is 35.5. The number of amides is 1. The van der Waals surface area contributed by atoms with Crippen LogP contribution in [0.1, 0.15) is 47.5 Å². The van der Waals surface area contributed by atoms with Gasteiger partial charge in [-0.1, -0.05) is 12.5 Å². The Bertz CT molecular complexity index is 685. The summed E-state index contributed by atoms with van der Waals surface area (Å²) in [5.41, 5.74) is 6.96. The lowest BCUT2D eigenvalue weighted by molar-refractivity contribution is 0.0748. The zero-order valence-corrected chi connectivity index (χ0v) is 15.9. The molecule has 0 radical (unpaired) electrons. The topological polar surface area (TPSA) is 60.0 Å². The lowest BCUT2D eigenvalue weighted by atomic mass is 9.67. The molecule has 2 aliphatic carbocycles. The predicted molar refractivity (Wildman–Crippen MR) is 104 cm³/mol. The summed E-state index contributed by atoms with van der Waals surface area (Å²) < 4.78 is 2.05. The Hall–Kier alpha value is -1.30. The molecule has 25 heavy (non-hydrogen) atoms. The molecular formula is C19H26ClN3OS. The zero-order valence-electron chi connectivity index (χ0n) is 14.3. The van der Waals surface area contributed by atoms with Crippen LogP contribution < -0.4 is 11.1 Å². The minimum absolute atomic E-state index is 0. The van der Waals surface area contributed by atoms with Crippen molar-refractivity contribution in [1.82, 2.24) is 9.88 Å². The van der Waals surface area contributed by atoms with Gasteiger partial charge < -0.3 is 15.6 Å². The van der Waals surface area contributed by atoms with Gasteiger partial charge in [0, 0.05) is 23.2 Å². The maximum atomic E-state index is 12.9. The molecule has 0 aromatic carbocycles. The summed E-state index contributed by atoms with van der Waals surface area (Å²) in [7, 11) is 0. The number of fused-ring (bicyclic) bond motifs is 2. The van der Waals surface area contributed by atoms with Crippen LogP contribution in [-0.4, -0.2) is 22.6 Å². The lowest BCUT2D eigenvalue weighted by Gasteiger charge is -2.45. The molecule has 136 valence electrons. The molecule has 2 aromatic rings. The van der Waals surface area contributed by atoms with E-state index in [1.165, 1.54) is 24.1 Å². The van der Waals surface area contributed by atoms with E-state index in [9.17, 15) is 4.79 Å². The van der Waals surface area contributed by atoms with Crippen molar-refractivity contribution >= 4 is 29.7 Å². The molecule has 2 atom stereocenters. The molecule has 2 fully saturated rings. The second-order valence-corrected chi connectivity index (χ2v) is 8.31. The van der Waals surface area contributed by atoms with Crippen LogP contribution in [-0.2, 0) is 6.54 Å². The smallest absolute Gasteiger partial charge is 0.268 e. The molecule has 2 aromatic heterocycles. The van der Waals surface area contributed by atoms with E-state index >= 15 is 0 Å². The molecule has 4 rings (SSSR count). The number of carbonyl (C=O) groups is 1. The molecule has 0 spiro atoms. The van der Waals surface area contributed by atoms with Crippen molar-refractivity contribution in [2.75, 3.05) is 0 Å². The number of aromatic nitrogens is 1. The normalized spacial score (nSPS) is 28.2. The van der Waals surface area contributed by atoms with Crippen molar-refractivity contribution in [2.24, 2.45) is 17.6 Å². The van der Waals surface area contributed by atoms with Crippen molar-refractivity contribution < 1.29 is 4.79 Å². The number of halogens is 1. The summed E-state index contributed by atoms with van der Waals surface area (Å²) in [6.07, 6.45) is 7.78. The fourth-order valence-corrected chi connectivity index (χ4v) is 5.28. The summed E-state index contributed by atoms with van der Waals surface area (Å²) in [5.74, 6) is 1.17. The standard InChI is InChI=1S/C19H25N3OS.ClH/c20-15-10-13-4-1-5-14(11-15)18(13)21-19(23)17-7-2-8-22(17)12-16-6-3-9-24-16;/h2-3,6-9,13-15,18H,1,4-5,10-12,20H2,(H,21,23);1H. The van der Waals surface area contributed by atoms with Gasteiger partial charge in [-0.15, -0.1) is 23.7 Å². The van der Waals surface area contributed by atoms with Crippen molar-refractivity contribution in [3.8, 4) is 0 Å². The third-order valence-corrected chi connectivity index (χ3v) is 6.50. The highest BCUT2D eigenvalue weighted by Gasteiger charge is 2.40. The molecule has 2 aliphatic rings. The van der Waals surface area contributed by atoms with E-state index in [0.717, 1.165) is 25.1 Å². The maximum absolute atomic E-state index is 12.9. The highest BCUT2D eigenvalue weighted by molar-refractivity contribution is 7.09. The molecule has 2 saturated carbocycles. The number of nitrogens with zero attached hydrogens (tertiary/aromatic N) is 1. The Morgan fingerprint density at radius 3 is 2.68 bits per heavy atom. The largest absolute Gasteiger partial charge is 0.347 e. The van der Waals surface area contributed by atoms with Gasteiger partial charge >= 0.3 is 0 Å². The minimum atomic E-state index is 0. The van der Waals surface area contributed by atoms with Crippen molar-refractivity contribution in [2.45, 2.75) is 50.7 Å². The summed E-state index contributed by atoms with van der Waals surface area (Å²) in [6, 6.07) is 8.66. The monoisotopic (exact) mass is 379 g/mol. The fourth-order valence-electron chi connectivity index (χ4n) is 4.58. The van der Waals surface area contributed by atoms with Crippen LogP contribution in [0.15, 0.2) is 35.8 Å². The van der Waals surface area contributed by atoms with Crippen LogP contribution in [0.2, 0.25) is 0 Å². The number of nitrogens with one attached hydrogen (secondary N) is 1. The Labute approximate surface area is 159 Å². The van der Waals surface area contributed by atoms with Crippen LogP contribution in [0.25, 0.3) is 0 Å². The maximum Gasteiger partial charge on any atom is 0.268 e. The van der Waals surface area contributed by atoms with E-state index in [-0.39, 0.29) is 18.3 Å². The average molecular weight is 380 g/mol. The molecule has 0 saturated heterocycles. The van der Waals surface area contributed by atoms with Gasteiger partial charge in [0.25, 0.3) is 5.91 Å². The molecule has 2 bridgehead atoms. The molecule has 6 heteroatoms. The first-order valence-corrected chi connectivity index (χ1v) is 9.82. The number of rotatable bonds is 4. The Morgan fingerprint density at radius 1 is 1.24 bits per heavy atom. The van der Waals surface area contributed by atoms with E-state index in [2.05, 4.69) is 22.8 Å². The molecule has 4 nitrogen and oxygen atoms in total. The first kappa shape index (κ1) is 18.5. The van der Waals surface area contributed by atoms with Crippen molar-refractivity contribution in [3.05, 3.63) is 46.4 Å². The third kappa shape index (κ3) is 3.94. The summed E-state index contributed by atoms with van der Waals surface area (Å²) in [5, 5.41) is 5.43. The van der Waals surface area contributed by atoms with E-state index in [0.29, 0.717) is 23.9 Å². The Balaban J connectivity index is 0.00000182. The Morgan fingerprint density at radius 2 is 2.00 bits per heavy atom. The summed E-state index contributed by atoms with van der Waals surface area (Å²) in [4.78, 5) is 14.1. The molecule has 2 unspecified atom stereocenters. The average Bonchev–Trinajstić information content (AvgIpc) is 3.20. The number of thiophene rings is 1. The molecule has 0 aliphatic heterocycles. The minimum Gasteiger partial charge on any atom is -0.347 e. The second kappa shape index (κ2) is 7.94. The number of nitrogens with two attached hydrogens (primary N) is 1. The SMILES string of the molecule is Cl.NC1CC2CCCC(C1)C2NC(=O)c1cccn1Cc1cccs1. The first-order valence-electron chi connectivity index (χ1n) is 8.94. The highest BCUT2D eigenvalue weighted by Crippen LogP contribution is 2.39. The lowest BCUT2D eigenvalue weighted by Crippen LogP contribution is -2.53. The van der Waals surface area contributed by atoms with Gasteiger partial charge in [-0.3, -0.25) is 4.79 Å². The predicted octanol–water partition coefficient (Wildman–Crippen LogP) is 3.66. The first-order chi connectivity index (χ1) is 11.7. The van der Waals surface area contributed by atoms with Crippen LogP contribution in [0, 0.1) is 11.8 Å². The summed E-state index contributed by atoms with van der Waals surface area (Å²) >= 11 is 1.72. The van der Waals surface area contributed by atoms with Crippen LogP contribution >= 0.6 is 23.7 Å². The molecule has 2 heterocycles. The van der Waals surface area contributed by atoms with E-state index in [4.69, 9.17) is 5.73 Å². The Kier molecular flexibility index (Phi) is 5.87. The van der Waals surface area contributed by atoms with Crippen molar-refractivity contribution in [3.63, 3.8) is 0 Å². The van der Waals surface area contributed by atoms with Crippen LogP contribution in [0.5, 0.6) is 0 Å². The van der Waals surface area contributed by atoms with Gasteiger partial charge in [0.15, 0.2) is 0 Å². The van der Waals surface area contributed by atoms with Gasteiger partial charge in [-0.25, -0.2) is 0 Å². The van der Waals surface area contributed by atoms with Gasteiger partial charge in [-0.2, -0.15) is 0 Å². The van der Waals surface area contributed by atoms with Gasteiger partial charge in [-0.05, 0) is 61.1 Å². The summed E-state index contributed by atoms with van der Waals surface area (Å²) in [6.45, 7) is 0.760. The van der Waals surface area contributed by atoms with E-state index in [1.807, 2.05) is 22.9 Å². The zero-order chi connectivity index (χ0) is 16.5. The van der Waals surface area contributed by atoms with Gasteiger partial charge in [0.2, 0.25) is 0 Å².